The molecule has 0 aliphatic rings. The van der Waals surface area contributed by atoms with Gasteiger partial charge in [-0.15, -0.1) is 0 Å². The van der Waals surface area contributed by atoms with E-state index in [0.717, 1.165) is 0 Å². The molecular formula is C8H6ClNO4S. The lowest BCUT2D eigenvalue weighted by Gasteiger charge is -1.96. The Morgan fingerprint density at radius 3 is 2.67 bits per heavy atom. The molecule has 2 rings (SSSR count). The first-order chi connectivity index (χ1) is 6.89. The van der Waals surface area contributed by atoms with Crippen LogP contribution in [-0.2, 0) is 16.1 Å². The summed E-state index contributed by atoms with van der Waals surface area (Å²) < 4.78 is 28.1. The first-order valence-electron chi connectivity index (χ1n) is 3.94. The predicted molar refractivity (Wildman–Crippen MR) is 54.5 cm³/mol. The fourth-order valence-corrected chi connectivity index (χ4v) is 2.03. The van der Waals surface area contributed by atoms with E-state index in [-0.39, 0.29) is 4.90 Å². The van der Waals surface area contributed by atoms with Gasteiger partial charge in [-0.1, -0.05) is 0 Å². The zero-order valence-electron chi connectivity index (χ0n) is 7.60. The monoisotopic (exact) mass is 247 g/mol. The second-order valence-corrected chi connectivity index (χ2v) is 5.56. The van der Waals surface area contributed by atoms with Crippen LogP contribution >= 0.6 is 10.7 Å². The van der Waals surface area contributed by atoms with Crippen molar-refractivity contribution >= 4 is 30.8 Å². The van der Waals surface area contributed by atoms with Gasteiger partial charge in [-0.3, -0.25) is 4.57 Å². The van der Waals surface area contributed by atoms with Gasteiger partial charge in [0.2, 0.25) is 0 Å². The first kappa shape index (κ1) is 10.3. The highest BCUT2D eigenvalue weighted by molar-refractivity contribution is 8.13. The van der Waals surface area contributed by atoms with Gasteiger partial charge in [0.25, 0.3) is 9.05 Å². The number of aryl methyl sites for hydroxylation is 1. The zero-order chi connectivity index (χ0) is 11.2. The van der Waals surface area contributed by atoms with Gasteiger partial charge in [0, 0.05) is 17.7 Å². The number of oxazole rings is 1. The minimum absolute atomic E-state index is 0.0620. The molecule has 0 bridgehead atoms. The summed E-state index contributed by atoms with van der Waals surface area (Å²) in [5.41, 5.74) is 0.716. The number of fused-ring (bicyclic) bond motifs is 1. The van der Waals surface area contributed by atoms with Gasteiger partial charge in [-0.05, 0) is 18.2 Å². The van der Waals surface area contributed by atoms with Crippen LogP contribution in [0.2, 0.25) is 0 Å². The van der Waals surface area contributed by atoms with Crippen molar-refractivity contribution in [3.8, 4) is 0 Å². The van der Waals surface area contributed by atoms with E-state index in [1.165, 1.54) is 29.8 Å². The van der Waals surface area contributed by atoms with Crippen LogP contribution in [0.25, 0.3) is 11.1 Å². The number of halogens is 1. The molecule has 15 heavy (non-hydrogen) atoms. The van der Waals surface area contributed by atoms with Crippen LogP contribution in [0.15, 0.2) is 32.3 Å². The van der Waals surface area contributed by atoms with Crippen molar-refractivity contribution in [2.75, 3.05) is 0 Å². The van der Waals surface area contributed by atoms with Crippen molar-refractivity contribution in [2.45, 2.75) is 4.90 Å². The molecule has 7 heteroatoms. The second kappa shape index (κ2) is 3.11. The lowest BCUT2D eigenvalue weighted by molar-refractivity contribution is 0.528. The average Bonchev–Trinajstić information content (AvgIpc) is 2.41. The maximum Gasteiger partial charge on any atom is 0.419 e. The molecule has 0 aliphatic carbocycles. The molecule has 1 heterocycles. The maximum atomic E-state index is 11.1. The van der Waals surface area contributed by atoms with E-state index >= 15 is 0 Å². The average molecular weight is 248 g/mol. The van der Waals surface area contributed by atoms with Crippen LogP contribution in [0.3, 0.4) is 0 Å². The van der Waals surface area contributed by atoms with Crippen LogP contribution in [0.1, 0.15) is 0 Å². The third kappa shape index (κ3) is 1.66. The summed E-state index contributed by atoms with van der Waals surface area (Å²) in [4.78, 5) is 11.1. The fourth-order valence-electron chi connectivity index (χ4n) is 1.26. The Labute approximate surface area is 89.3 Å². The van der Waals surface area contributed by atoms with Gasteiger partial charge in [0.05, 0.1) is 10.4 Å². The van der Waals surface area contributed by atoms with E-state index in [1.54, 1.807) is 0 Å². The van der Waals surface area contributed by atoms with Crippen molar-refractivity contribution in [1.29, 1.82) is 0 Å². The lowest BCUT2D eigenvalue weighted by Crippen LogP contribution is -2.08. The molecule has 0 N–H and O–H groups in total. The van der Waals surface area contributed by atoms with E-state index in [9.17, 15) is 13.2 Å². The number of hydrogen-bond acceptors (Lipinski definition) is 4. The van der Waals surface area contributed by atoms with Crippen molar-refractivity contribution in [2.24, 2.45) is 7.05 Å². The first-order valence-corrected chi connectivity index (χ1v) is 6.25. The number of benzene rings is 1. The SMILES string of the molecule is Cn1c(=O)oc2ccc(S(=O)(=O)Cl)cc21. The minimum atomic E-state index is -3.79. The lowest BCUT2D eigenvalue weighted by atomic mass is 10.3. The summed E-state index contributed by atoms with van der Waals surface area (Å²) in [6, 6.07) is 3.97. The van der Waals surface area contributed by atoms with Crippen molar-refractivity contribution < 1.29 is 12.8 Å². The van der Waals surface area contributed by atoms with Crippen LogP contribution < -0.4 is 5.76 Å². The summed E-state index contributed by atoms with van der Waals surface area (Å²) in [6.07, 6.45) is 0. The van der Waals surface area contributed by atoms with Crippen LogP contribution in [-0.4, -0.2) is 13.0 Å². The van der Waals surface area contributed by atoms with Gasteiger partial charge in [-0.2, -0.15) is 0 Å². The number of rotatable bonds is 1. The number of aromatic nitrogens is 1. The van der Waals surface area contributed by atoms with Gasteiger partial charge < -0.3 is 4.42 Å². The van der Waals surface area contributed by atoms with E-state index in [4.69, 9.17) is 15.1 Å². The smallest absolute Gasteiger partial charge is 0.408 e. The van der Waals surface area contributed by atoms with E-state index in [2.05, 4.69) is 0 Å². The Kier molecular flexibility index (Phi) is 2.13. The Morgan fingerprint density at radius 2 is 2.07 bits per heavy atom. The molecule has 2 aromatic rings. The summed E-state index contributed by atoms with van der Waals surface area (Å²) in [7, 11) is 2.87. The molecule has 0 atom stereocenters. The Balaban J connectivity index is 2.87. The van der Waals surface area contributed by atoms with E-state index < -0.39 is 14.8 Å². The third-order valence-corrected chi connectivity index (χ3v) is 3.40. The molecule has 0 fully saturated rings. The molecule has 0 amide bonds. The molecule has 5 nitrogen and oxygen atoms in total. The minimum Gasteiger partial charge on any atom is -0.408 e. The van der Waals surface area contributed by atoms with Gasteiger partial charge >= 0.3 is 5.76 Å². The summed E-state index contributed by atoms with van der Waals surface area (Å²) >= 11 is 0. The molecule has 0 spiro atoms. The predicted octanol–water partition coefficient (Wildman–Crippen LogP) is 1.06. The Bertz CT molecular complexity index is 682. The largest absolute Gasteiger partial charge is 0.419 e. The molecule has 1 aromatic heterocycles. The molecule has 1 aromatic carbocycles. The quantitative estimate of drug-likeness (QED) is 0.707. The summed E-state index contributed by atoms with van der Waals surface area (Å²) in [6.45, 7) is 0. The van der Waals surface area contributed by atoms with E-state index in [0.29, 0.717) is 11.1 Å². The standard InChI is InChI=1S/C8H6ClNO4S/c1-10-6-4-5(15(9,12)13)2-3-7(6)14-8(10)11/h2-4H,1H3. The van der Waals surface area contributed by atoms with Gasteiger partial charge in [-0.25, -0.2) is 13.2 Å². The van der Waals surface area contributed by atoms with E-state index in [1.807, 2.05) is 0 Å². The van der Waals surface area contributed by atoms with Crippen molar-refractivity contribution in [3.05, 3.63) is 28.7 Å². The Morgan fingerprint density at radius 1 is 1.40 bits per heavy atom. The highest BCUT2D eigenvalue weighted by Crippen LogP contribution is 2.20. The number of hydrogen-bond donors (Lipinski definition) is 0. The van der Waals surface area contributed by atoms with Crippen molar-refractivity contribution in [1.82, 2.24) is 4.57 Å². The Hall–Kier alpha value is -1.27. The fraction of sp³-hybridized carbons (Fsp3) is 0.125. The second-order valence-electron chi connectivity index (χ2n) is 2.99. The zero-order valence-corrected chi connectivity index (χ0v) is 9.17. The molecule has 0 unspecified atom stereocenters. The molecule has 80 valence electrons. The maximum absolute atomic E-state index is 11.1. The van der Waals surface area contributed by atoms with Gasteiger partial charge in [0.15, 0.2) is 5.58 Å². The third-order valence-electron chi connectivity index (χ3n) is 2.04. The molecule has 0 aliphatic heterocycles. The normalized spacial score (nSPS) is 12.1. The summed E-state index contributed by atoms with van der Waals surface area (Å²) in [5, 5.41) is 0. The molecule has 0 saturated heterocycles. The summed E-state index contributed by atoms with van der Waals surface area (Å²) in [5.74, 6) is -0.547. The van der Waals surface area contributed by atoms with Crippen LogP contribution in [0.4, 0.5) is 0 Å². The topological polar surface area (TPSA) is 69.3 Å². The molecular weight excluding hydrogens is 242 g/mol. The van der Waals surface area contributed by atoms with Crippen LogP contribution in [0, 0.1) is 0 Å². The van der Waals surface area contributed by atoms with Gasteiger partial charge in [0.1, 0.15) is 0 Å². The molecule has 0 radical (unpaired) electrons. The van der Waals surface area contributed by atoms with Crippen molar-refractivity contribution in [3.63, 3.8) is 0 Å². The van der Waals surface area contributed by atoms with Crippen LogP contribution in [0.5, 0.6) is 0 Å². The highest BCUT2D eigenvalue weighted by Gasteiger charge is 2.13. The molecule has 0 saturated carbocycles. The number of nitrogens with zero attached hydrogens (tertiary/aromatic N) is 1. The highest BCUT2D eigenvalue weighted by atomic mass is 35.7.